The number of nitrogens with one attached hydrogen (secondary N) is 1. The number of aromatic nitrogens is 3. The predicted octanol–water partition coefficient (Wildman–Crippen LogP) is 4.43. The summed E-state index contributed by atoms with van der Waals surface area (Å²) in [4.78, 5) is 17.1. The van der Waals surface area contributed by atoms with E-state index in [-0.39, 0.29) is 18.6 Å². The smallest absolute Gasteiger partial charge is 0.258 e. The molecule has 0 saturated carbocycles. The summed E-state index contributed by atoms with van der Waals surface area (Å²) in [6.07, 6.45) is 0. The average molecular weight is 415 g/mol. The minimum absolute atomic E-state index is 0.0308. The van der Waals surface area contributed by atoms with Crippen LogP contribution in [0.25, 0.3) is 20.3 Å². The normalized spacial score (nSPS) is 12.6. The zero-order valence-electron chi connectivity index (χ0n) is 16.5. The lowest BCUT2D eigenvalue weighted by molar-refractivity contribution is -0.123. The lowest BCUT2D eigenvalue weighted by Crippen LogP contribution is -2.31. The van der Waals surface area contributed by atoms with Gasteiger partial charge in [0.2, 0.25) is 0 Å². The van der Waals surface area contributed by atoms with Crippen molar-refractivity contribution in [1.29, 1.82) is 0 Å². The second-order valence-electron chi connectivity index (χ2n) is 6.90. The summed E-state index contributed by atoms with van der Waals surface area (Å²) in [5, 5.41) is 11.5. The van der Waals surface area contributed by atoms with Crippen molar-refractivity contribution in [2.24, 2.45) is 7.05 Å². The van der Waals surface area contributed by atoms with Crippen molar-refractivity contribution in [3.05, 3.63) is 39.5 Å². The van der Waals surface area contributed by atoms with Crippen molar-refractivity contribution in [3.8, 4) is 5.75 Å². The van der Waals surface area contributed by atoms with Crippen LogP contribution in [0, 0.1) is 20.8 Å². The lowest BCUT2D eigenvalue weighted by Gasteiger charge is -2.15. The number of carbonyl (C=O) groups excluding carboxylic acids is 1. The van der Waals surface area contributed by atoms with Gasteiger partial charge in [0.1, 0.15) is 5.75 Å². The Labute approximate surface area is 171 Å². The van der Waals surface area contributed by atoms with Gasteiger partial charge in [0.05, 0.1) is 31.7 Å². The summed E-state index contributed by atoms with van der Waals surface area (Å²) in [6, 6.07) is 3.88. The highest BCUT2D eigenvalue weighted by atomic mass is 32.1. The first-order valence-corrected chi connectivity index (χ1v) is 10.7. The molecule has 0 spiro atoms. The molecule has 4 aromatic rings. The van der Waals surface area contributed by atoms with Gasteiger partial charge in [0.25, 0.3) is 5.91 Å². The molecule has 3 heterocycles. The van der Waals surface area contributed by atoms with Crippen LogP contribution < -0.4 is 10.1 Å². The summed E-state index contributed by atoms with van der Waals surface area (Å²) in [5.74, 6) is 0.572. The van der Waals surface area contributed by atoms with Crippen LogP contribution in [-0.2, 0) is 11.8 Å². The van der Waals surface area contributed by atoms with E-state index in [0.29, 0.717) is 0 Å². The Morgan fingerprint density at radius 3 is 2.86 bits per heavy atom. The van der Waals surface area contributed by atoms with Gasteiger partial charge in [-0.3, -0.25) is 9.48 Å². The minimum atomic E-state index is -0.154. The van der Waals surface area contributed by atoms with Gasteiger partial charge in [-0.15, -0.1) is 22.7 Å². The summed E-state index contributed by atoms with van der Waals surface area (Å²) < 4.78 is 9.93. The summed E-state index contributed by atoms with van der Waals surface area (Å²) >= 11 is 3.28. The summed E-state index contributed by atoms with van der Waals surface area (Å²) in [5.41, 5.74) is 4.05. The van der Waals surface area contributed by atoms with Crippen molar-refractivity contribution in [3.63, 3.8) is 0 Å². The van der Waals surface area contributed by atoms with E-state index in [1.54, 1.807) is 22.7 Å². The number of ether oxygens (including phenoxy) is 1. The molecule has 0 saturated heterocycles. The third-order valence-electron chi connectivity index (χ3n) is 4.90. The number of thiophene rings is 1. The number of nitrogens with zero attached hydrogens (tertiary/aromatic N) is 3. The van der Waals surface area contributed by atoms with Crippen LogP contribution in [0.2, 0.25) is 0 Å². The molecule has 1 N–H and O–H groups in total. The first-order valence-electron chi connectivity index (χ1n) is 9.04. The Balaban J connectivity index is 1.51. The molecule has 3 aromatic heterocycles. The highest BCUT2D eigenvalue weighted by molar-refractivity contribution is 7.21. The Hall–Kier alpha value is -2.45. The molecule has 146 valence electrons. The van der Waals surface area contributed by atoms with Gasteiger partial charge in [-0.05, 0) is 39.1 Å². The Kier molecular flexibility index (Phi) is 4.84. The minimum Gasteiger partial charge on any atom is -0.483 e. The first kappa shape index (κ1) is 18.9. The molecular weight excluding hydrogens is 392 g/mol. The number of aryl methyl sites for hydroxylation is 3. The third-order valence-corrected chi connectivity index (χ3v) is 6.74. The maximum absolute atomic E-state index is 12.5. The van der Waals surface area contributed by atoms with E-state index < -0.39 is 0 Å². The molecule has 0 unspecified atom stereocenters. The Morgan fingerprint density at radius 1 is 1.36 bits per heavy atom. The van der Waals surface area contributed by atoms with Crippen LogP contribution in [-0.4, -0.2) is 27.3 Å². The van der Waals surface area contributed by atoms with Gasteiger partial charge in [0, 0.05) is 29.8 Å². The fourth-order valence-corrected chi connectivity index (χ4v) is 5.45. The van der Waals surface area contributed by atoms with E-state index in [1.165, 1.54) is 0 Å². The van der Waals surface area contributed by atoms with Gasteiger partial charge < -0.3 is 10.1 Å². The maximum atomic E-state index is 12.5. The average Bonchev–Trinajstić information content (AvgIpc) is 3.30. The number of benzene rings is 1. The number of amides is 1. The lowest BCUT2D eigenvalue weighted by atomic mass is 10.1. The molecule has 1 amide bonds. The molecule has 0 bridgehead atoms. The van der Waals surface area contributed by atoms with Crippen LogP contribution >= 0.6 is 22.7 Å². The van der Waals surface area contributed by atoms with Gasteiger partial charge in [-0.1, -0.05) is 0 Å². The molecule has 6 nitrogen and oxygen atoms in total. The second-order valence-corrected chi connectivity index (χ2v) is 9.05. The molecule has 4 rings (SSSR count). The Morgan fingerprint density at radius 2 is 2.14 bits per heavy atom. The van der Waals surface area contributed by atoms with Crippen molar-refractivity contribution < 1.29 is 9.53 Å². The predicted molar refractivity (Wildman–Crippen MR) is 114 cm³/mol. The van der Waals surface area contributed by atoms with Crippen molar-refractivity contribution in [2.45, 2.75) is 33.7 Å². The third kappa shape index (κ3) is 3.27. The number of hydrogen-bond acceptors (Lipinski definition) is 6. The van der Waals surface area contributed by atoms with E-state index in [4.69, 9.17) is 4.74 Å². The number of fused-ring (bicyclic) bond motifs is 3. The zero-order valence-corrected chi connectivity index (χ0v) is 18.1. The largest absolute Gasteiger partial charge is 0.483 e. The van der Waals surface area contributed by atoms with Gasteiger partial charge in [0.15, 0.2) is 6.61 Å². The van der Waals surface area contributed by atoms with Gasteiger partial charge in [-0.2, -0.15) is 5.10 Å². The first-order chi connectivity index (χ1) is 13.3. The number of rotatable bonds is 5. The maximum Gasteiger partial charge on any atom is 0.258 e. The molecule has 1 atom stereocenters. The molecule has 0 aliphatic heterocycles. The van der Waals surface area contributed by atoms with Gasteiger partial charge >= 0.3 is 0 Å². The van der Waals surface area contributed by atoms with Crippen LogP contribution in [0.15, 0.2) is 17.5 Å². The van der Waals surface area contributed by atoms with Gasteiger partial charge in [-0.25, -0.2) is 4.98 Å². The van der Waals surface area contributed by atoms with Crippen molar-refractivity contribution >= 4 is 48.9 Å². The number of carbonyl (C=O) groups is 1. The molecule has 0 fully saturated rings. The van der Waals surface area contributed by atoms with E-state index in [1.807, 2.05) is 56.9 Å². The highest BCUT2D eigenvalue weighted by Gasteiger charge is 2.19. The number of hydrogen-bond donors (Lipinski definition) is 1. The number of thiazole rings is 1. The van der Waals surface area contributed by atoms with Crippen molar-refractivity contribution in [1.82, 2.24) is 20.1 Å². The SMILES string of the molecule is Cc1nc2c(cc(OCC(=O)N[C@H](C)c3c(C)nn(C)c3C)c3ccsc32)s1. The molecule has 0 aliphatic carbocycles. The van der Waals surface area contributed by atoms with Crippen LogP contribution in [0.3, 0.4) is 0 Å². The monoisotopic (exact) mass is 414 g/mol. The molecule has 0 aliphatic rings. The topological polar surface area (TPSA) is 69.0 Å². The highest BCUT2D eigenvalue weighted by Crippen LogP contribution is 2.38. The second kappa shape index (κ2) is 7.18. The van der Waals surface area contributed by atoms with E-state index in [2.05, 4.69) is 15.4 Å². The molecule has 1 aromatic carbocycles. The van der Waals surface area contributed by atoms with Crippen molar-refractivity contribution in [2.75, 3.05) is 6.61 Å². The fraction of sp³-hybridized carbons (Fsp3) is 0.350. The summed E-state index contributed by atoms with van der Waals surface area (Å²) in [7, 11) is 1.91. The Bertz CT molecular complexity index is 1190. The fourth-order valence-electron chi connectivity index (χ4n) is 3.62. The molecule has 28 heavy (non-hydrogen) atoms. The van der Waals surface area contributed by atoms with E-state index in [9.17, 15) is 4.79 Å². The van der Waals surface area contributed by atoms with Crippen LogP contribution in [0.4, 0.5) is 0 Å². The van der Waals surface area contributed by atoms with Crippen LogP contribution in [0.1, 0.15) is 34.9 Å². The molecular formula is C20H22N4O2S2. The van der Waals surface area contributed by atoms with Crippen LogP contribution in [0.5, 0.6) is 5.75 Å². The summed E-state index contributed by atoms with van der Waals surface area (Å²) in [6.45, 7) is 7.91. The van der Waals surface area contributed by atoms with E-state index in [0.717, 1.165) is 48.0 Å². The molecule has 8 heteroatoms. The van der Waals surface area contributed by atoms with E-state index >= 15 is 0 Å². The zero-order chi connectivity index (χ0) is 20.0. The quantitative estimate of drug-likeness (QED) is 0.525. The molecule has 0 radical (unpaired) electrons. The standard InChI is InChI=1S/C20H22N4O2S2/c1-10(18-11(2)23-24(5)12(18)3)21-17(25)9-26-15-8-16-19(22-13(4)28-16)20-14(15)6-7-27-20/h6-8,10H,9H2,1-5H3,(H,21,25)/t10-/m1/s1.